The van der Waals surface area contributed by atoms with Crippen LogP contribution < -0.4 is 23.7 Å². The average molecular weight is 448 g/mol. The third-order valence-corrected chi connectivity index (χ3v) is 5.50. The quantitative estimate of drug-likeness (QED) is 0.357. The zero-order valence-corrected chi connectivity index (χ0v) is 18.7. The molecule has 33 heavy (non-hydrogen) atoms. The van der Waals surface area contributed by atoms with Gasteiger partial charge in [-0.15, -0.1) is 0 Å². The molecule has 7 nitrogen and oxygen atoms in total. The first-order valence-electron chi connectivity index (χ1n) is 10.4. The first-order chi connectivity index (χ1) is 16.0. The number of Topliss-reactive ketones (excluding diaryl/α,β-unsaturated/α-hetero) is 2. The predicted molar refractivity (Wildman–Crippen MR) is 121 cm³/mol. The Labute approximate surface area is 191 Å². The van der Waals surface area contributed by atoms with Gasteiger partial charge in [0, 0.05) is 17.2 Å². The summed E-state index contributed by atoms with van der Waals surface area (Å²) in [4.78, 5) is 26.4. The molecule has 0 aromatic heterocycles. The fraction of sp³-hybridized carbons (Fsp3) is 0.231. The molecule has 0 saturated carbocycles. The number of methoxy groups -OCH3 is 3. The highest BCUT2D eigenvalue weighted by Crippen LogP contribution is 2.36. The number of ether oxygens (including phenoxy) is 5. The van der Waals surface area contributed by atoms with Crippen molar-refractivity contribution in [2.45, 2.75) is 12.8 Å². The van der Waals surface area contributed by atoms with Gasteiger partial charge in [-0.1, -0.05) is 12.1 Å². The van der Waals surface area contributed by atoms with Gasteiger partial charge in [-0.25, -0.2) is 0 Å². The predicted octanol–water partition coefficient (Wildman–Crippen LogP) is 4.29. The van der Waals surface area contributed by atoms with Crippen LogP contribution in [0.4, 0.5) is 0 Å². The zero-order chi connectivity index (χ0) is 23.4. The fourth-order valence-electron chi connectivity index (χ4n) is 3.67. The maximum Gasteiger partial charge on any atom is 0.233 e. The molecule has 0 unspecified atom stereocenters. The van der Waals surface area contributed by atoms with E-state index in [9.17, 15) is 9.59 Å². The molecule has 0 atom stereocenters. The van der Waals surface area contributed by atoms with Crippen LogP contribution in [-0.4, -0.2) is 39.7 Å². The molecule has 1 aliphatic rings. The summed E-state index contributed by atoms with van der Waals surface area (Å²) in [6.07, 6.45) is 1.21. The van der Waals surface area contributed by atoms with Gasteiger partial charge in [0.2, 0.25) is 18.4 Å². The lowest BCUT2D eigenvalue weighted by Gasteiger charge is -2.12. The number of carbonyl (C=O) groups excluding carboxylic acids is 2. The Balaban J connectivity index is 1.64. The van der Waals surface area contributed by atoms with Crippen LogP contribution in [0.1, 0.15) is 31.8 Å². The molecular formula is C26H24O7. The van der Waals surface area contributed by atoms with Gasteiger partial charge in [-0.05, 0) is 60.4 Å². The number of aryl methyl sites for hydroxylation is 2. The molecule has 0 N–H and O–H groups in total. The lowest BCUT2D eigenvalue weighted by atomic mass is 9.93. The molecule has 0 fully saturated rings. The molecule has 7 heteroatoms. The first-order valence-corrected chi connectivity index (χ1v) is 10.4. The molecule has 0 spiro atoms. The van der Waals surface area contributed by atoms with Gasteiger partial charge in [0.05, 0.1) is 21.3 Å². The van der Waals surface area contributed by atoms with Crippen LogP contribution in [-0.2, 0) is 12.8 Å². The highest BCUT2D eigenvalue weighted by Gasteiger charge is 2.26. The van der Waals surface area contributed by atoms with Crippen molar-refractivity contribution in [3.8, 4) is 28.7 Å². The summed E-state index contributed by atoms with van der Waals surface area (Å²) >= 11 is 0. The van der Waals surface area contributed by atoms with Crippen LogP contribution in [0.2, 0.25) is 0 Å². The summed E-state index contributed by atoms with van der Waals surface area (Å²) < 4.78 is 26.6. The fourth-order valence-corrected chi connectivity index (χ4v) is 3.67. The standard InChI is InChI=1S/C26H24O7/c1-29-19-8-5-16(6-9-19)4-7-17-12-23-24(33-15-32-23)14-22(17)26(28)25(27)18-10-20(30-2)13-21(11-18)31-3/h5-6,8-14H,4,7,15H2,1-3H3. The molecule has 0 aliphatic carbocycles. The van der Waals surface area contributed by atoms with E-state index in [1.807, 2.05) is 24.3 Å². The summed E-state index contributed by atoms with van der Waals surface area (Å²) in [6.45, 7) is 0.0753. The molecule has 170 valence electrons. The van der Waals surface area contributed by atoms with Crippen molar-refractivity contribution >= 4 is 11.6 Å². The van der Waals surface area contributed by atoms with Gasteiger partial charge in [0.25, 0.3) is 0 Å². The van der Waals surface area contributed by atoms with E-state index < -0.39 is 11.6 Å². The molecule has 1 heterocycles. The van der Waals surface area contributed by atoms with Crippen LogP contribution in [0.5, 0.6) is 28.7 Å². The van der Waals surface area contributed by atoms with Crippen LogP contribution in [0.25, 0.3) is 0 Å². The maximum absolute atomic E-state index is 13.3. The Hall–Kier alpha value is -4.00. The van der Waals surface area contributed by atoms with E-state index >= 15 is 0 Å². The van der Waals surface area contributed by atoms with Crippen LogP contribution in [0.3, 0.4) is 0 Å². The minimum absolute atomic E-state index is 0.0753. The average Bonchev–Trinajstić information content (AvgIpc) is 3.33. The van der Waals surface area contributed by atoms with Crippen LogP contribution in [0.15, 0.2) is 54.6 Å². The number of hydrogen-bond acceptors (Lipinski definition) is 7. The Morgan fingerprint density at radius 3 is 1.94 bits per heavy atom. The number of fused-ring (bicyclic) bond motifs is 1. The van der Waals surface area contributed by atoms with Gasteiger partial charge in [-0.3, -0.25) is 9.59 Å². The van der Waals surface area contributed by atoms with Crippen molar-refractivity contribution in [3.05, 3.63) is 76.9 Å². The Morgan fingerprint density at radius 2 is 1.33 bits per heavy atom. The van der Waals surface area contributed by atoms with E-state index in [1.54, 1.807) is 25.3 Å². The number of benzene rings is 3. The molecule has 0 radical (unpaired) electrons. The van der Waals surface area contributed by atoms with Gasteiger partial charge in [-0.2, -0.15) is 0 Å². The number of hydrogen-bond donors (Lipinski definition) is 0. The van der Waals surface area contributed by atoms with Crippen molar-refractivity contribution < 1.29 is 33.3 Å². The SMILES string of the molecule is COc1ccc(CCc2cc3c(cc2C(=O)C(=O)c2cc(OC)cc(OC)c2)OCO3)cc1. The van der Waals surface area contributed by atoms with Crippen molar-refractivity contribution in [1.82, 2.24) is 0 Å². The lowest BCUT2D eigenvalue weighted by molar-refractivity contribution is 0.0816. The zero-order valence-electron chi connectivity index (χ0n) is 18.7. The van der Waals surface area contributed by atoms with Crippen molar-refractivity contribution in [3.63, 3.8) is 0 Å². The van der Waals surface area contributed by atoms with Crippen molar-refractivity contribution in [1.29, 1.82) is 0 Å². The summed E-state index contributed by atoms with van der Waals surface area (Å²) in [5.74, 6) is 1.35. The molecule has 1 aliphatic heterocycles. The van der Waals surface area contributed by atoms with Gasteiger partial charge in [0.1, 0.15) is 17.2 Å². The third kappa shape index (κ3) is 4.77. The lowest BCUT2D eigenvalue weighted by Crippen LogP contribution is -2.17. The van der Waals surface area contributed by atoms with Crippen molar-refractivity contribution in [2.75, 3.05) is 28.1 Å². The normalized spacial score (nSPS) is 11.7. The number of carbonyl (C=O) groups is 2. The minimum atomic E-state index is -0.656. The highest BCUT2D eigenvalue weighted by atomic mass is 16.7. The second-order valence-electron chi connectivity index (χ2n) is 7.47. The van der Waals surface area contributed by atoms with E-state index in [4.69, 9.17) is 23.7 Å². The molecule has 0 saturated heterocycles. The summed E-state index contributed by atoms with van der Waals surface area (Å²) in [6, 6.07) is 15.8. The maximum atomic E-state index is 13.3. The van der Waals surface area contributed by atoms with Crippen LogP contribution in [0, 0.1) is 0 Å². The molecule has 3 aromatic rings. The topological polar surface area (TPSA) is 80.3 Å². The Bertz CT molecular complexity index is 1160. The van der Waals surface area contributed by atoms with Gasteiger partial charge >= 0.3 is 0 Å². The minimum Gasteiger partial charge on any atom is -0.497 e. The second-order valence-corrected chi connectivity index (χ2v) is 7.47. The monoisotopic (exact) mass is 448 g/mol. The van der Waals surface area contributed by atoms with Gasteiger partial charge in [0.15, 0.2) is 11.5 Å². The largest absolute Gasteiger partial charge is 0.497 e. The van der Waals surface area contributed by atoms with E-state index in [2.05, 4.69) is 0 Å². The van der Waals surface area contributed by atoms with E-state index in [1.165, 1.54) is 26.4 Å². The Kier molecular flexibility index (Phi) is 6.49. The first kappa shape index (κ1) is 22.2. The van der Waals surface area contributed by atoms with E-state index in [-0.39, 0.29) is 12.4 Å². The molecular weight excluding hydrogens is 424 g/mol. The summed E-state index contributed by atoms with van der Waals surface area (Å²) in [5.41, 5.74) is 2.27. The van der Waals surface area contributed by atoms with Gasteiger partial charge < -0.3 is 23.7 Å². The molecule has 3 aromatic carbocycles. The van der Waals surface area contributed by atoms with Crippen molar-refractivity contribution in [2.24, 2.45) is 0 Å². The second kappa shape index (κ2) is 9.65. The van der Waals surface area contributed by atoms with E-state index in [0.29, 0.717) is 47.0 Å². The number of rotatable bonds is 9. The molecule has 0 amide bonds. The summed E-state index contributed by atoms with van der Waals surface area (Å²) in [5, 5.41) is 0. The molecule has 4 rings (SSSR count). The highest BCUT2D eigenvalue weighted by molar-refractivity contribution is 6.49. The summed E-state index contributed by atoms with van der Waals surface area (Å²) in [7, 11) is 4.59. The third-order valence-electron chi connectivity index (χ3n) is 5.50. The van der Waals surface area contributed by atoms with Crippen LogP contribution >= 0.6 is 0 Å². The smallest absolute Gasteiger partial charge is 0.233 e. The van der Waals surface area contributed by atoms with E-state index in [0.717, 1.165) is 11.3 Å². The Morgan fingerprint density at radius 1 is 0.727 bits per heavy atom. The molecule has 0 bridgehead atoms. The number of ketones is 2.